The first-order valence-corrected chi connectivity index (χ1v) is 8.56. The summed E-state index contributed by atoms with van der Waals surface area (Å²) in [5.74, 6) is 0. The highest BCUT2D eigenvalue weighted by molar-refractivity contribution is 7.89. The van der Waals surface area contributed by atoms with Gasteiger partial charge in [0.2, 0.25) is 10.0 Å². The smallest absolute Gasteiger partial charge is 0.242 e. The summed E-state index contributed by atoms with van der Waals surface area (Å²) in [4.78, 5) is 0.333. The van der Waals surface area contributed by atoms with E-state index in [4.69, 9.17) is 0 Å². The number of rotatable bonds is 8. The van der Waals surface area contributed by atoms with E-state index in [1.165, 1.54) is 0 Å². The van der Waals surface area contributed by atoms with Gasteiger partial charge in [-0.3, -0.25) is 0 Å². The molecule has 0 bridgehead atoms. The molecule has 1 aromatic rings. The first kappa shape index (κ1) is 17.2. The molecular formula is C14H27N3O2S. The lowest BCUT2D eigenvalue weighted by Gasteiger charge is -2.22. The van der Waals surface area contributed by atoms with Gasteiger partial charge in [0.15, 0.2) is 0 Å². The van der Waals surface area contributed by atoms with Crippen molar-refractivity contribution in [3.8, 4) is 0 Å². The Balaban J connectivity index is 2.82. The zero-order valence-corrected chi connectivity index (χ0v) is 14.0. The predicted molar refractivity (Wildman–Crippen MR) is 82.1 cm³/mol. The third-order valence-electron chi connectivity index (χ3n) is 3.65. The van der Waals surface area contributed by atoms with Crippen molar-refractivity contribution in [2.45, 2.75) is 45.6 Å². The fourth-order valence-corrected chi connectivity index (χ4v) is 2.99. The Bertz CT molecular complexity index is 533. The normalized spacial score (nSPS) is 12.8. The van der Waals surface area contributed by atoms with E-state index in [-0.39, 0.29) is 5.41 Å². The van der Waals surface area contributed by atoms with E-state index in [0.717, 1.165) is 18.7 Å². The molecule has 0 aliphatic carbocycles. The van der Waals surface area contributed by atoms with Crippen molar-refractivity contribution in [2.75, 3.05) is 13.1 Å². The van der Waals surface area contributed by atoms with Crippen LogP contribution >= 0.6 is 0 Å². The molecule has 0 saturated carbocycles. The van der Waals surface area contributed by atoms with E-state index < -0.39 is 10.0 Å². The molecule has 5 nitrogen and oxygen atoms in total. The van der Waals surface area contributed by atoms with Gasteiger partial charge < -0.3 is 9.88 Å². The molecule has 0 aliphatic rings. The topological polar surface area (TPSA) is 63.1 Å². The molecule has 1 rings (SSSR count). The summed E-state index contributed by atoms with van der Waals surface area (Å²) in [6.45, 7) is 10.2. The number of aromatic nitrogens is 1. The van der Waals surface area contributed by atoms with E-state index in [2.05, 4.69) is 30.8 Å². The molecule has 0 aliphatic heterocycles. The minimum atomic E-state index is -3.43. The van der Waals surface area contributed by atoms with Crippen molar-refractivity contribution in [1.29, 1.82) is 0 Å². The van der Waals surface area contributed by atoms with Crippen LogP contribution in [0.1, 0.15) is 39.8 Å². The highest BCUT2D eigenvalue weighted by Gasteiger charge is 2.22. The van der Waals surface area contributed by atoms with Gasteiger partial charge in [0.1, 0.15) is 0 Å². The average molecular weight is 301 g/mol. The van der Waals surface area contributed by atoms with Crippen LogP contribution in [0.25, 0.3) is 0 Å². The van der Waals surface area contributed by atoms with Gasteiger partial charge in [-0.2, -0.15) is 0 Å². The van der Waals surface area contributed by atoms with Crippen LogP contribution in [0.5, 0.6) is 0 Å². The van der Waals surface area contributed by atoms with Crippen LogP contribution in [0.2, 0.25) is 0 Å². The molecule has 0 amide bonds. The first-order valence-electron chi connectivity index (χ1n) is 7.07. The molecule has 1 aromatic heterocycles. The fourth-order valence-electron chi connectivity index (χ4n) is 1.65. The molecule has 0 fully saturated rings. The first-order chi connectivity index (χ1) is 9.22. The molecule has 0 atom stereocenters. The molecule has 0 saturated heterocycles. The van der Waals surface area contributed by atoms with Crippen LogP contribution in [0.15, 0.2) is 17.2 Å². The Labute approximate surface area is 122 Å². The van der Waals surface area contributed by atoms with Crippen molar-refractivity contribution in [3.63, 3.8) is 0 Å². The summed E-state index contributed by atoms with van der Waals surface area (Å²) in [5, 5.41) is 3.20. The number of sulfonamides is 1. The summed E-state index contributed by atoms with van der Waals surface area (Å²) in [6.07, 6.45) is 2.59. The predicted octanol–water partition coefficient (Wildman–Crippen LogP) is 1.85. The molecule has 0 unspecified atom stereocenters. The van der Waals surface area contributed by atoms with E-state index in [1.807, 2.05) is 18.5 Å². The fraction of sp³-hybridized carbons (Fsp3) is 0.714. The van der Waals surface area contributed by atoms with Gasteiger partial charge in [-0.25, -0.2) is 13.1 Å². The van der Waals surface area contributed by atoms with Gasteiger partial charge >= 0.3 is 0 Å². The SMILES string of the molecule is CCNCc1cc(S(=O)(=O)NCC(C)(C)CC)cn1C. The zero-order valence-electron chi connectivity index (χ0n) is 13.2. The van der Waals surface area contributed by atoms with Gasteiger partial charge in [0.25, 0.3) is 0 Å². The summed E-state index contributed by atoms with van der Waals surface area (Å²) in [7, 11) is -1.57. The molecular weight excluding hydrogens is 274 g/mol. The summed E-state index contributed by atoms with van der Waals surface area (Å²) < 4.78 is 29.1. The lowest BCUT2D eigenvalue weighted by molar-refractivity contribution is 0.350. The third-order valence-corrected chi connectivity index (χ3v) is 5.02. The summed E-state index contributed by atoms with van der Waals surface area (Å²) in [5.41, 5.74) is 0.927. The third kappa shape index (κ3) is 4.61. The maximum atomic E-state index is 12.3. The number of hydrogen-bond donors (Lipinski definition) is 2. The lowest BCUT2D eigenvalue weighted by atomic mass is 9.91. The Hall–Kier alpha value is -0.850. The van der Waals surface area contributed by atoms with Gasteiger partial charge in [-0.05, 0) is 24.4 Å². The van der Waals surface area contributed by atoms with Crippen LogP contribution < -0.4 is 10.0 Å². The van der Waals surface area contributed by atoms with Crippen LogP contribution in [0.3, 0.4) is 0 Å². The Kier molecular flexibility index (Phi) is 5.79. The van der Waals surface area contributed by atoms with Crippen molar-refractivity contribution < 1.29 is 8.42 Å². The maximum Gasteiger partial charge on any atom is 0.242 e. The van der Waals surface area contributed by atoms with Crippen molar-refractivity contribution in [1.82, 2.24) is 14.6 Å². The number of nitrogens with one attached hydrogen (secondary N) is 2. The van der Waals surface area contributed by atoms with E-state index in [1.54, 1.807) is 12.3 Å². The van der Waals surface area contributed by atoms with Crippen molar-refractivity contribution in [3.05, 3.63) is 18.0 Å². The second-order valence-electron chi connectivity index (χ2n) is 5.90. The average Bonchev–Trinajstić information content (AvgIpc) is 2.76. The van der Waals surface area contributed by atoms with Gasteiger partial charge in [-0.1, -0.05) is 27.7 Å². The molecule has 0 spiro atoms. The van der Waals surface area contributed by atoms with Crippen molar-refractivity contribution in [2.24, 2.45) is 12.5 Å². The second-order valence-corrected chi connectivity index (χ2v) is 7.67. The summed E-state index contributed by atoms with van der Waals surface area (Å²) in [6, 6.07) is 1.73. The zero-order chi connectivity index (χ0) is 15.4. The van der Waals surface area contributed by atoms with Crippen molar-refractivity contribution >= 4 is 10.0 Å². The number of nitrogens with zero attached hydrogens (tertiary/aromatic N) is 1. The van der Waals surface area contributed by atoms with Crippen LogP contribution in [-0.2, 0) is 23.6 Å². The molecule has 2 N–H and O–H groups in total. The van der Waals surface area contributed by atoms with Gasteiger partial charge in [0.05, 0.1) is 4.90 Å². The van der Waals surface area contributed by atoms with E-state index in [0.29, 0.717) is 18.0 Å². The minimum Gasteiger partial charge on any atom is -0.352 e. The minimum absolute atomic E-state index is 0.0333. The Morgan fingerprint density at radius 3 is 2.50 bits per heavy atom. The number of aryl methyl sites for hydroxylation is 1. The standard InChI is InChI=1S/C14H27N3O2S/c1-6-14(3,4)11-16-20(18,19)13-8-12(9-15-7-2)17(5)10-13/h8,10,15-16H,6-7,9,11H2,1-5H3. The molecule has 20 heavy (non-hydrogen) atoms. The Morgan fingerprint density at radius 1 is 1.30 bits per heavy atom. The van der Waals surface area contributed by atoms with E-state index in [9.17, 15) is 8.42 Å². The maximum absolute atomic E-state index is 12.3. The lowest BCUT2D eigenvalue weighted by Crippen LogP contribution is -2.33. The molecule has 6 heteroatoms. The van der Waals surface area contributed by atoms with Gasteiger partial charge in [0, 0.05) is 32.0 Å². The quantitative estimate of drug-likeness (QED) is 0.770. The Morgan fingerprint density at radius 2 is 1.95 bits per heavy atom. The second kappa shape index (κ2) is 6.74. The van der Waals surface area contributed by atoms with E-state index >= 15 is 0 Å². The number of hydrogen-bond acceptors (Lipinski definition) is 3. The monoisotopic (exact) mass is 301 g/mol. The highest BCUT2D eigenvalue weighted by Crippen LogP contribution is 2.20. The van der Waals surface area contributed by atoms with Gasteiger partial charge in [-0.15, -0.1) is 0 Å². The van der Waals surface area contributed by atoms with Crippen LogP contribution in [0.4, 0.5) is 0 Å². The largest absolute Gasteiger partial charge is 0.352 e. The molecule has 0 aromatic carbocycles. The molecule has 116 valence electrons. The molecule has 1 heterocycles. The van der Waals surface area contributed by atoms with Crippen LogP contribution in [0, 0.1) is 5.41 Å². The van der Waals surface area contributed by atoms with Crippen LogP contribution in [-0.4, -0.2) is 26.1 Å². The summed E-state index contributed by atoms with van der Waals surface area (Å²) >= 11 is 0. The molecule has 0 radical (unpaired) electrons. The highest BCUT2D eigenvalue weighted by atomic mass is 32.2.